The molecule has 0 aromatic heterocycles. The molecule has 1 aromatic rings. The number of hydrogen-bond acceptors (Lipinski definition) is 1. The molecular weight excluding hydrogens is 298 g/mol. The lowest BCUT2D eigenvalue weighted by atomic mass is 10.3. The molecule has 1 aromatic carbocycles. The van der Waals surface area contributed by atoms with E-state index in [-0.39, 0.29) is 0 Å². The quantitative estimate of drug-likeness (QED) is 0.508. The van der Waals surface area contributed by atoms with Gasteiger partial charge in [0, 0.05) is 9.99 Å². The van der Waals surface area contributed by atoms with E-state index in [2.05, 4.69) is 27.6 Å². The maximum Gasteiger partial charge on any atom is 0.0994 e. The third-order valence-corrected chi connectivity index (χ3v) is 2.53. The van der Waals surface area contributed by atoms with Crippen LogP contribution in [-0.4, -0.2) is 5.84 Å². The van der Waals surface area contributed by atoms with Crippen molar-refractivity contribution >= 4 is 45.7 Å². The van der Waals surface area contributed by atoms with E-state index in [9.17, 15) is 0 Å². The van der Waals surface area contributed by atoms with E-state index in [1.807, 2.05) is 25.1 Å². The predicted octanol–water partition coefficient (Wildman–Crippen LogP) is 3.34. The highest BCUT2D eigenvalue weighted by Crippen LogP contribution is 2.26. The minimum absolute atomic E-state index is 0.601. The molecule has 1 rings (SSSR count). The molecule has 70 valence electrons. The van der Waals surface area contributed by atoms with Crippen LogP contribution in [0.3, 0.4) is 0 Å². The fourth-order valence-electron chi connectivity index (χ4n) is 0.805. The summed E-state index contributed by atoms with van der Waals surface area (Å²) in [7, 11) is 0. The molecule has 0 aliphatic heterocycles. The van der Waals surface area contributed by atoms with Gasteiger partial charge in [-0.15, -0.1) is 0 Å². The zero-order valence-electron chi connectivity index (χ0n) is 7.22. The van der Waals surface area contributed by atoms with Crippen molar-refractivity contribution in [1.29, 1.82) is 0 Å². The average Bonchev–Trinajstić information content (AvgIpc) is 2.11. The number of nitrogens with zero attached hydrogens (tertiary/aromatic N) is 1. The lowest BCUT2D eigenvalue weighted by Crippen LogP contribution is -2.08. The smallest absolute Gasteiger partial charge is 0.0994 e. The molecule has 0 unspecified atom stereocenters. The molecule has 0 saturated carbocycles. The summed E-state index contributed by atoms with van der Waals surface area (Å²) < 4.78 is 1.10. The van der Waals surface area contributed by atoms with Gasteiger partial charge in [0.25, 0.3) is 0 Å². The van der Waals surface area contributed by atoms with Gasteiger partial charge in [-0.3, -0.25) is 0 Å². The Bertz CT molecular complexity index is 336. The molecule has 0 radical (unpaired) electrons. The molecule has 0 amide bonds. The minimum Gasteiger partial charge on any atom is -0.387 e. The molecule has 0 saturated heterocycles. The van der Waals surface area contributed by atoms with E-state index < -0.39 is 0 Å². The van der Waals surface area contributed by atoms with Crippen molar-refractivity contribution < 1.29 is 0 Å². The third-order valence-electron chi connectivity index (χ3n) is 1.53. The van der Waals surface area contributed by atoms with Gasteiger partial charge in [-0.05, 0) is 40.8 Å². The predicted molar refractivity (Wildman–Crippen MR) is 65.7 cm³/mol. The van der Waals surface area contributed by atoms with Crippen LogP contribution in [0.2, 0.25) is 5.02 Å². The normalized spacial score (nSPS) is 11.8. The Morgan fingerprint density at radius 2 is 2.31 bits per heavy atom. The number of benzene rings is 1. The summed E-state index contributed by atoms with van der Waals surface area (Å²) in [4.78, 5) is 4.20. The van der Waals surface area contributed by atoms with Crippen LogP contribution in [0.4, 0.5) is 5.69 Å². The fraction of sp³-hybridized carbons (Fsp3) is 0.222. The maximum atomic E-state index is 5.93. The SMILES string of the molecule is CCC(N)=Nc1cc(I)ccc1Cl. The van der Waals surface area contributed by atoms with Gasteiger partial charge in [-0.2, -0.15) is 0 Å². The zero-order valence-corrected chi connectivity index (χ0v) is 10.1. The second kappa shape index (κ2) is 4.81. The van der Waals surface area contributed by atoms with E-state index in [0.717, 1.165) is 15.7 Å². The van der Waals surface area contributed by atoms with Crippen molar-refractivity contribution in [3.63, 3.8) is 0 Å². The van der Waals surface area contributed by atoms with Crippen molar-refractivity contribution in [1.82, 2.24) is 0 Å². The van der Waals surface area contributed by atoms with Crippen molar-refractivity contribution in [3.8, 4) is 0 Å². The minimum atomic E-state index is 0.601. The molecule has 13 heavy (non-hydrogen) atoms. The first-order valence-electron chi connectivity index (χ1n) is 3.91. The van der Waals surface area contributed by atoms with E-state index in [4.69, 9.17) is 17.3 Å². The first-order valence-corrected chi connectivity index (χ1v) is 5.37. The molecule has 0 bridgehead atoms. The summed E-state index contributed by atoms with van der Waals surface area (Å²) in [6.07, 6.45) is 0.738. The van der Waals surface area contributed by atoms with Gasteiger partial charge in [-0.25, -0.2) is 4.99 Å². The Balaban J connectivity index is 3.07. The van der Waals surface area contributed by atoms with Crippen LogP contribution in [-0.2, 0) is 0 Å². The second-order valence-electron chi connectivity index (χ2n) is 2.55. The number of rotatable bonds is 2. The molecule has 0 fully saturated rings. The molecule has 0 atom stereocenters. The monoisotopic (exact) mass is 308 g/mol. The van der Waals surface area contributed by atoms with E-state index >= 15 is 0 Å². The molecule has 2 nitrogen and oxygen atoms in total. The fourth-order valence-corrected chi connectivity index (χ4v) is 1.44. The van der Waals surface area contributed by atoms with Crippen molar-refractivity contribution in [2.75, 3.05) is 0 Å². The molecule has 0 aliphatic carbocycles. The number of amidine groups is 1. The molecule has 0 aliphatic rings. The summed E-state index contributed by atoms with van der Waals surface area (Å²) in [6, 6.07) is 5.67. The Morgan fingerprint density at radius 3 is 2.92 bits per heavy atom. The van der Waals surface area contributed by atoms with Gasteiger partial charge in [-0.1, -0.05) is 18.5 Å². The molecule has 2 N–H and O–H groups in total. The lowest BCUT2D eigenvalue weighted by molar-refractivity contribution is 1.23. The Hall–Kier alpha value is -0.290. The molecule has 0 heterocycles. The van der Waals surface area contributed by atoms with Crippen LogP contribution in [0.1, 0.15) is 13.3 Å². The Morgan fingerprint density at radius 1 is 1.62 bits per heavy atom. The summed E-state index contributed by atoms with van der Waals surface area (Å²) in [5, 5.41) is 0.636. The van der Waals surface area contributed by atoms with Gasteiger partial charge >= 0.3 is 0 Å². The highest BCUT2D eigenvalue weighted by Gasteiger charge is 1.99. The van der Waals surface area contributed by atoms with Gasteiger partial charge < -0.3 is 5.73 Å². The first kappa shape index (κ1) is 10.8. The van der Waals surface area contributed by atoms with Gasteiger partial charge in [0.05, 0.1) is 16.5 Å². The Kier molecular flexibility index (Phi) is 3.99. The van der Waals surface area contributed by atoms with Gasteiger partial charge in [0.1, 0.15) is 0 Å². The van der Waals surface area contributed by atoms with Crippen LogP contribution >= 0.6 is 34.2 Å². The topological polar surface area (TPSA) is 38.4 Å². The number of aliphatic imine (C=N–C) groups is 1. The highest BCUT2D eigenvalue weighted by atomic mass is 127. The number of hydrogen-bond donors (Lipinski definition) is 1. The average molecular weight is 309 g/mol. The highest BCUT2D eigenvalue weighted by molar-refractivity contribution is 14.1. The summed E-state index contributed by atoms with van der Waals surface area (Å²) in [6.45, 7) is 1.96. The molecule has 4 heteroatoms. The third kappa shape index (κ3) is 3.15. The first-order chi connectivity index (χ1) is 6.13. The van der Waals surface area contributed by atoms with E-state index in [1.165, 1.54) is 0 Å². The van der Waals surface area contributed by atoms with Crippen molar-refractivity contribution in [3.05, 3.63) is 26.8 Å². The number of halogens is 2. The Labute approximate surface area is 96.3 Å². The maximum absolute atomic E-state index is 5.93. The largest absolute Gasteiger partial charge is 0.387 e. The summed E-state index contributed by atoms with van der Waals surface area (Å²) in [5.74, 6) is 0.601. The van der Waals surface area contributed by atoms with Crippen LogP contribution < -0.4 is 5.73 Å². The second-order valence-corrected chi connectivity index (χ2v) is 4.21. The van der Waals surface area contributed by atoms with Crippen LogP contribution in [0.5, 0.6) is 0 Å². The molecular formula is C9H10ClIN2. The van der Waals surface area contributed by atoms with Crippen molar-refractivity contribution in [2.24, 2.45) is 10.7 Å². The number of nitrogens with two attached hydrogens (primary N) is 1. The van der Waals surface area contributed by atoms with E-state index in [1.54, 1.807) is 0 Å². The summed E-state index contributed by atoms with van der Waals surface area (Å²) in [5.41, 5.74) is 6.36. The summed E-state index contributed by atoms with van der Waals surface area (Å²) >= 11 is 8.14. The standard InChI is InChI=1S/C9H10ClIN2/c1-2-9(12)13-8-5-6(11)3-4-7(8)10/h3-5H,2H2,1H3,(H2,12,13). The van der Waals surface area contributed by atoms with Crippen molar-refractivity contribution in [2.45, 2.75) is 13.3 Å². The van der Waals surface area contributed by atoms with Crippen LogP contribution in [0.25, 0.3) is 0 Å². The van der Waals surface area contributed by atoms with Gasteiger partial charge in [0.15, 0.2) is 0 Å². The van der Waals surface area contributed by atoms with E-state index in [0.29, 0.717) is 10.9 Å². The van der Waals surface area contributed by atoms with Gasteiger partial charge in [0.2, 0.25) is 0 Å². The molecule has 0 spiro atoms. The van der Waals surface area contributed by atoms with Crippen LogP contribution in [0.15, 0.2) is 23.2 Å². The lowest BCUT2D eigenvalue weighted by Gasteiger charge is -2.00. The van der Waals surface area contributed by atoms with Crippen LogP contribution in [0, 0.1) is 3.57 Å². The zero-order chi connectivity index (χ0) is 9.84.